The Morgan fingerprint density at radius 3 is 2.54 bits per heavy atom. The van der Waals surface area contributed by atoms with Gasteiger partial charge in [-0.15, -0.1) is 0 Å². The van der Waals surface area contributed by atoms with Crippen LogP contribution in [0.4, 0.5) is 5.69 Å². The van der Waals surface area contributed by atoms with Gasteiger partial charge >= 0.3 is 5.97 Å². The van der Waals surface area contributed by atoms with E-state index in [1.807, 2.05) is 6.07 Å². The summed E-state index contributed by atoms with van der Waals surface area (Å²) < 4.78 is 35.4. The summed E-state index contributed by atoms with van der Waals surface area (Å²) in [6.45, 7) is -0.0442. The lowest BCUT2D eigenvalue weighted by Crippen LogP contribution is -2.32. The van der Waals surface area contributed by atoms with Crippen molar-refractivity contribution < 1.29 is 18.3 Å². The van der Waals surface area contributed by atoms with E-state index < -0.39 is 16.0 Å². The van der Waals surface area contributed by atoms with Gasteiger partial charge in [0.2, 0.25) is 5.03 Å². The molecule has 0 amide bonds. The number of carboxylic acid groups (broad SMARTS) is 1. The third-order valence-electron chi connectivity index (χ3n) is 3.52. The number of halogens is 1. The first-order valence-corrected chi connectivity index (χ1v) is 10.2. The van der Waals surface area contributed by atoms with Crippen molar-refractivity contribution in [1.82, 2.24) is 8.75 Å². The van der Waals surface area contributed by atoms with Crippen molar-refractivity contribution in [2.24, 2.45) is 0 Å². The van der Waals surface area contributed by atoms with Crippen LogP contribution in [0.5, 0.6) is 0 Å². The van der Waals surface area contributed by atoms with E-state index in [9.17, 15) is 18.3 Å². The van der Waals surface area contributed by atoms with Gasteiger partial charge in [-0.1, -0.05) is 46.3 Å². The molecule has 0 fully saturated rings. The number of hydrogen-bond donors (Lipinski definition) is 1. The Morgan fingerprint density at radius 2 is 1.92 bits per heavy atom. The lowest BCUT2D eigenvalue weighted by molar-refractivity contribution is 0.0697. The van der Waals surface area contributed by atoms with Crippen LogP contribution in [0.2, 0.25) is 0 Å². The predicted molar refractivity (Wildman–Crippen MR) is 101 cm³/mol. The maximum atomic E-state index is 13.1. The smallest absolute Gasteiger partial charge is 0.337 e. The highest BCUT2D eigenvalue weighted by Crippen LogP contribution is 2.31. The molecule has 0 unspecified atom stereocenters. The number of carbonyl (C=O) groups is 1. The molecule has 0 radical (unpaired) electrons. The van der Waals surface area contributed by atoms with Gasteiger partial charge in [0.15, 0.2) is 0 Å². The highest BCUT2D eigenvalue weighted by molar-refractivity contribution is 9.10. The van der Waals surface area contributed by atoms with Crippen molar-refractivity contribution >= 4 is 49.3 Å². The first-order chi connectivity index (χ1) is 12.4. The molecular weight excluding hydrogens is 442 g/mol. The Kier molecular flexibility index (Phi) is 5.35. The van der Waals surface area contributed by atoms with Crippen molar-refractivity contribution in [3.8, 4) is 0 Å². The molecule has 1 heterocycles. The van der Waals surface area contributed by atoms with Crippen molar-refractivity contribution in [3.63, 3.8) is 0 Å². The number of sulfonamides is 1. The second kappa shape index (κ2) is 7.52. The van der Waals surface area contributed by atoms with E-state index in [0.717, 1.165) is 22.2 Å². The molecule has 3 rings (SSSR count). The third kappa shape index (κ3) is 3.76. The number of nitrogens with zero attached hydrogens (tertiary/aromatic N) is 3. The minimum atomic E-state index is -4.10. The molecule has 0 bridgehead atoms. The van der Waals surface area contributed by atoms with Crippen LogP contribution in [0.15, 0.2) is 64.2 Å². The average molecular weight is 454 g/mol. The van der Waals surface area contributed by atoms with Crippen LogP contribution in [-0.2, 0) is 16.6 Å². The number of rotatable bonds is 6. The van der Waals surface area contributed by atoms with Crippen LogP contribution in [0.3, 0.4) is 0 Å². The largest absolute Gasteiger partial charge is 0.478 e. The van der Waals surface area contributed by atoms with Gasteiger partial charge in [-0.3, -0.25) is 4.31 Å². The van der Waals surface area contributed by atoms with Gasteiger partial charge in [0.05, 0.1) is 35.7 Å². The molecule has 7 nitrogen and oxygen atoms in total. The average Bonchev–Trinajstić information content (AvgIpc) is 3.15. The summed E-state index contributed by atoms with van der Waals surface area (Å²) >= 11 is 4.04. The van der Waals surface area contributed by atoms with Crippen LogP contribution >= 0.6 is 27.7 Å². The van der Waals surface area contributed by atoms with E-state index in [1.165, 1.54) is 12.1 Å². The molecule has 26 heavy (non-hydrogen) atoms. The lowest BCUT2D eigenvalue weighted by Gasteiger charge is -2.25. The number of aromatic carboxylic acids is 1. The van der Waals surface area contributed by atoms with Gasteiger partial charge in [-0.25, -0.2) is 4.79 Å². The minimum absolute atomic E-state index is 0.0442. The summed E-state index contributed by atoms with van der Waals surface area (Å²) in [5.41, 5.74) is 0.621. The summed E-state index contributed by atoms with van der Waals surface area (Å²) in [6.07, 6.45) is 1.15. The summed E-state index contributed by atoms with van der Waals surface area (Å²) in [5.74, 6) is -1.22. The van der Waals surface area contributed by atoms with E-state index in [-0.39, 0.29) is 22.8 Å². The van der Waals surface area contributed by atoms with Gasteiger partial charge in [-0.05, 0) is 23.8 Å². The molecule has 3 aromatic rings. The topological polar surface area (TPSA) is 100 Å². The summed E-state index contributed by atoms with van der Waals surface area (Å²) in [7, 11) is -4.10. The highest BCUT2D eigenvalue weighted by atomic mass is 79.9. The van der Waals surface area contributed by atoms with Crippen molar-refractivity contribution in [3.05, 3.63) is 70.3 Å². The van der Waals surface area contributed by atoms with Crippen molar-refractivity contribution in [2.45, 2.75) is 11.6 Å². The summed E-state index contributed by atoms with van der Waals surface area (Å²) in [5, 5.41) is 9.28. The third-order valence-corrected chi connectivity index (χ3v) is 6.24. The number of aromatic nitrogens is 2. The molecule has 0 aliphatic rings. The zero-order valence-electron chi connectivity index (χ0n) is 13.1. The van der Waals surface area contributed by atoms with Gasteiger partial charge < -0.3 is 5.11 Å². The molecule has 0 aliphatic heterocycles. The van der Waals surface area contributed by atoms with Gasteiger partial charge in [0.1, 0.15) is 0 Å². The first kappa shape index (κ1) is 18.5. The first-order valence-electron chi connectivity index (χ1n) is 7.26. The molecule has 0 spiro atoms. The van der Waals surface area contributed by atoms with E-state index in [0.29, 0.717) is 10.0 Å². The Bertz CT molecular complexity index is 1020. The van der Waals surface area contributed by atoms with Gasteiger partial charge in [0, 0.05) is 4.47 Å². The Morgan fingerprint density at radius 1 is 1.19 bits per heavy atom. The number of carboxylic acids is 1. The molecule has 0 atom stereocenters. The molecule has 1 aromatic heterocycles. The van der Waals surface area contributed by atoms with Crippen molar-refractivity contribution in [2.75, 3.05) is 4.31 Å². The number of anilines is 1. The SMILES string of the molecule is O=C(O)c1ccc(Br)cc1N(Cc1ccccc1)S(=O)(=O)c1cnsn1. The van der Waals surface area contributed by atoms with Crippen molar-refractivity contribution in [1.29, 1.82) is 0 Å². The normalized spacial score (nSPS) is 11.3. The molecular formula is C16H12BrN3O4S2. The Hall–Kier alpha value is -2.30. The molecule has 10 heteroatoms. The fourth-order valence-corrected chi connectivity index (χ4v) is 4.68. The molecule has 1 N–H and O–H groups in total. The number of benzene rings is 2. The zero-order valence-corrected chi connectivity index (χ0v) is 16.3. The minimum Gasteiger partial charge on any atom is -0.478 e. The maximum absolute atomic E-state index is 13.1. The van der Waals surface area contributed by atoms with Crippen LogP contribution in [-0.4, -0.2) is 28.2 Å². The number of hydrogen-bond acceptors (Lipinski definition) is 6. The summed E-state index contributed by atoms with van der Waals surface area (Å²) in [4.78, 5) is 11.6. The summed E-state index contributed by atoms with van der Waals surface area (Å²) in [6, 6.07) is 13.3. The molecule has 0 saturated carbocycles. The molecule has 2 aromatic carbocycles. The van der Waals surface area contributed by atoms with E-state index in [1.54, 1.807) is 30.3 Å². The van der Waals surface area contributed by atoms with Crippen LogP contribution in [0, 0.1) is 0 Å². The maximum Gasteiger partial charge on any atom is 0.337 e. The second-order valence-corrected chi connectivity index (χ2v) is 8.49. The fourth-order valence-electron chi connectivity index (χ4n) is 2.32. The monoisotopic (exact) mass is 453 g/mol. The van der Waals surface area contributed by atoms with Crippen LogP contribution in [0.25, 0.3) is 0 Å². The van der Waals surface area contributed by atoms with E-state index in [4.69, 9.17) is 0 Å². The Balaban J connectivity index is 2.19. The zero-order chi connectivity index (χ0) is 18.7. The Labute approximate surface area is 162 Å². The van der Waals surface area contributed by atoms with E-state index >= 15 is 0 Å². The fraction of sp³-hybridized carbons (Fsp3) is 0.0625. The molecule has 0 aliphatic carbocycles. The molecule has 134 valence electrons. The van der Waals surface area contributed by atoms with Crippen LogP contribution < -0.4 is 4.31 Å². The quantitative estimate of drug-likeness (QED) is 0.613. The van der Waals surface area contributed by atoms with Gasteiger partial charge in [-0.2, -0.15) is 17.2 Å². The highest BCUT2D eigenvalue weighted by Gasteiger charge is 2.30. The van der Waals surface area contributed by atoms with E-state index in [2.05, 4.69) is 24.7 Å². The second-order valence-electron chi connectivity index (χ2n) is 5.21. The van der Waals surface area contributed by atoms with Gasteiger partial charge in [0.25, 0.3) is 10.0 Å². The van der Waals surface area contributed by atoms with Crippen LogP contribution in [0.1, 0.15) is 15.9 Å². The lowest BCUT2D eigenvalue weighted by atomic mass is 10.1. The molecule has 0 saturated heterocycles. The predicted octanol–water partition coefficient (Wildman–Crippen LogP) is 3.39. The standard InChI is InChI=1S/C16H12BrN3O4S2/c17-12-6-7-13(16(21)22)14(8-12)20(10-11-4-2-1-3-5-11)26(23,24)15-9-18-25-19-15/h1-9H,10H2,(H,21,22).